The predicted octanol–water partition coefficient (Wildman–Crippen LogP) is 2.63. The average molecular weight is 335 g/mol. The van der Waals surface area contributed by atoms with E-state index in [-0.39, 0.29) is 16.0 Å². The van der Waals surface area contributed by atoms with E-state index in [9.17, 15) is 12.8 Å². The summed E-state index contributed by atoms with van der Waals surface area (Å²) in [5, 5.41) is 0.180. The molecule has 118 valence electrons. The highest BCUT2D eigenvalue weighted by Gasteiger charge is 2.26. The molecule has 0 bridgehead atoms. The Bertz CT molecular complexity index is 587. The summed E-state index contributed by atoms with van der Waals surface area (Å²) >= 11 is 5.64. The van der Waals surface area contributed by atoms with Crippen LogP contribution in [0.25, 0.3) is 0 Å². The Morgan fingerprint density at radius 2 is 2.05 bits per heavy atom. The molecule has 0 spiro atoms. The standard InChI is InChI=1S/C14H20ClFN2O2S/c1-2-7-18-8-5-12(6-9-18)17-21(19,20)14-4-3-11(15)10-13(14)16/h3-4,10,12,17H,2,5-9H2,1H3. The van der Waals surface area contributed by atoms with E-state index in [0.717, 1.165) is 45.0 Å². The van der Waals surface area contributed by atoms with Gasteiger partial charge in [-0.15, -0.1) is 0 Å². The second-order valence-electron chi connectivity index (χ2n) is 5.31. The molecule has 1 aliphatic heterocycles. The maximum atomic E-state index is 13.8. The number of nitrogens with zero attached hydrogens (tertiary/aromatic N) is 1. The van der Waals surface area contributed by atoms with Gasteiger partial charge in [0.2, 0.25) is 10.0 Å². The summed E-state index contributed by atoms with van der Waals surface area (Å²) in [6, 6.07) is 3.45. The molecule has 1 aromatic carbocycles. The Labute approximate surface area is 130 Å². The zero-order valence-electron chi connectivity index (χ0n) is 12.0. The molecule has 2 rings (SSSR count). The van der Waals surface area contributed by atoms with E-state index in [1.165, 1.54) is 12.1 Å². The van der Waals surface area contributed by atoms with Crippen molar-refractivity contribution < 1.29 is 12.8 Å². The highest BCUT2D eigenvalue weighted by Crippen LogP contribution is 2.20. The summed E-state index contributed by atoms with van der Waals surface area (Å²) in [4.78, 5) is 1.97. The first kappa shape index (κ1) is 16.7. The third-order valence-electron chi connectivity index (χ3n) is 3.63. The summed E-state index contributed by atoms with van der Waals surface area (Å²) in [5.41, 5.74) is 0. The highest BCUT2D eigenvalue weighted by atomic mass is 35.5. The van der Waals surface area contributed by atoms with Crippen molar-refractivity contribution in [2.24, 2.45) is 0 Å². The number of piperidine rings is 1. The molecule has 1 aliphatic rings. The van der Waals surface area contributed by atoms with Crippen LogP contribution in [0.1, 0.15) is 26.2 Å². The lowest BCUT2D eigenvalue weighted by atomic mass is 10.1. The van der Waals surface area contributed by atoms with E-state index in [0.29, 0.717) is 0 Å². The van der Waals surface area contributed by atoms with E-state index in [4.69, 9.17) is 11.6 Å². The van der Waals surface area contributed by atoms with Gasteiger partial charge in [0, 0.05) is 11.1 Å². The van der Waals surface area contributed by atoms with Gasteiger partial charge in [-0.2, -0.15) is 0 Å². The van der Waals surface area contributed by atoms with Crippen LogP contribution >= 0.6 is 11.6 Å². The zero-order chi connectivity index (χ0) is 15.5. The second kappa shape index (κ2) is 7.05. The van der Waals surface area contributed by atoms with Gasteiger partial charge in [0.05, 0.1) is 0 Å². The van der Waals surface area contributed by atoms with E-state index >= 15 is 0 Å². The second-order valence-corrected chi connectivity index (χ2v) is 7.43. The van der Waals surface area contributed by atoms with Crippen molar-refractivity contribution in [2.75, 3.05) is 19.6 Å². The molecule has 0 aliphatic carbocycles. The molecule has 0 saturated carbocycles. The van der Waals surface area contributed by atoms with Crippen LogP contribution in [0.4, 0.5) is 4.39 Å². The smallest absolute Gasteiger partial charge is 0.243 e. The van der Waals surface area contributed by atoms with Crippen molar-refractivity contribution in [3.05, 3.63) is 29.0 Å². The minimum Gasteiger partial charge on any atom is -0.303 e. The van der Waals surface area contributed by atoms with Crippen molar-refractivity contribution in [3.8, 4) is 0 Å². The fourth-order valence-electron chi connectivity index (χ4n) is 2.57. The van der Waals surface area contributed by atoms with Crippen LogP contribution in [-0.2, 0) is 10.0 Å². The van der Waals surface area contributed by atoms with Crippen LogP contribution < -0.4 is 4.72 Å². The number of hydrogen-bond donors (Lipinski definition) is 1. The fraction of sp³-hybridized carbons (Fsp3) is 0.571. The summed E-state index contributed by atoms with van der Waals surface area (Å²) in [5.74, 6) is -0.821. The van der Waals surface area contributed by atoms with E-state index in [2.05, 4.69) is 16.5 Å². The molecule has 7 heteroatoms. The number of benzene rings is 1. The quantitative estimate of drug-likeness (QED) is 0.900. The van der Waals surface area contributed by atoms with Crippen molar-refractivity contribution in [1.82, 2.24) is 9.62 Å². The van der Waals surface area contributed by atoms with Crippen molar-refractivity contribution in [2.45, 2.75) is 37.1 Å². The third kappa shape index (κ3) is 4.39. The topological polar surface area (TPSA) is 49.4 Å². The molecule has 0 radical (unpaired) electrons. The zero-order valence-corrected chi connectivity index (χ0v) is 13.6. The largest absolute Gasteiger partial charge is 0.303 e. The van der Waals surface area contributed by atoms with Gasteiger partial charge in [0.25, 0.3) is 0 Å². The Balaban J connectivity index is 2.02. The van der Waals surface area contributed by atoms with E-state index in [1.54, 1.807) is 0 Å². The molecule has 0 aromatic heterocycles. The fourth-order valence-corrected chi connectivity index (χ4v) is 4.09. The van der Waals surface area contributed by atoms with Crippen LogP contribution in [0.5, 0.6) is 0 Å². The number of sulfonamides is 1. The third-order valence-corrected chi connectivity index (χ3v) is 5.42. The van der Waals surface area contributed by atoms with E-state index < -0.39 is 15.8 Å². The molecule has 1 N–H and O–H groups in total. The average Bonchev–Trinajstić information content (AvgIpc) is 2.40. The lowest BCUT2D eigenvalue weighted by molar-refractivity contribution is 0.208. The molecule has 0 amide bonds. The summed E-state index contributed by atoms with van der Waals surface area (Å²) in [7, 11) is -3.84. The van der Waals surface area contributed by atoms with Crippen LogP contribution in [0.2, 0.25) is 5.02 Å². The molecule has 1 fully saturated rings. The van der Waals surface area contributed by atoms with Gasteiger partial charge in [-0.3, -0.25) is 0 Å². The Kier molecular flexibility index (Phi) is 5.60. The van der Waals surface area contributed by atoms with Gasteiger partial charge in [-0.1, -0.05) is 18.5 Å². The van der Waals surface area contributed by atoms with Crippen LogP contribution in [-0.4, -0.2) is 39.0 Å². The number of halogens is 2. The maximum absolute atomic E-state index is 13.8. The number of likely N-dealkylation sites (tertiary alicyclic amines) is 1. The van der Waals surface area contributed by atoms with Crippen LogP contribution in [0, 0.1) is 5.82 Å². The molecule has 4 nitrogen and oxygen atoms in total. The van der Waals surface area contributed by atoms with Gasteiger partial charge in [-0.25, -0.2) is 17.5 Å². The number of nitrogens with one attached hydrogen (secondary N) is 1. The Morgan fingerprint density at radius 3 is 2.62 bits per heavy atom. The monoisotopic (exact) mass is 334 g/mol. The van der Waals surface area contributed by atoms with Crippen LogP contribution in [0.3, 0.4) is 0 Å². The van der Waals surface area contributed by atoms with Gasteiger partial charge in [0.1, 0.15) is 10.7 Å². The molecule has 0 atom stereocenters. The van der Waals surface area contributed by atoms with Crippen molar-refractivity contribution >= 4 is 21.6 Å². The van der Waals surface area contributed by atoms with Crippen LogP contribution in [0.15, 0.2) is 23.1 Å². The van der Waals surface area contributed by atoms with Gasteiger partial charge >= 0.3 is 0 Å². The van der Waals surface area contributed by atoms with Crippen molar-refractivity contribution in [3.63, 3.8) is 0 Å². The molecule has 1 saturated heterocycles. The lowest BCUT2D eigenvalue weighted by Gasteiger charge is -2.31. The van der Waals surface area contributed by atoms with Gasteiger partial charge < -0.3 is 4.90 Å². The summed E-state index contributed by atoms with van der Waals surface area (Å²) < 4.78 is 40.8. The molecular formula is C14H20ClFN2O2S. The molecule has 21 heavy (non-hydrogen) atoms. The van der Waals surface area contributed by atoms with E-state index in [1.807, 2.05) is 0 Å². The first-order valence-electron chi connectivity index (χ1n) is 7.12. The Morgan fingerprint density at radius 1 is 1.38 bits per heavy atom. The molecule has 1 aromatic rings. The number of hydrogen-bond acceptors (Lipinski definition) is 3. The first-order valence-corrected chi connectivity index (χ1v) is 8.98. The molecular weight excluding hydrogens is 315 g/mol. The Hall–Kier alpha value is -0.690. The number of rotatable bonds is 5. The van der Waals surface area contributed by atoms with Crippen molar-refractivity contribution in [1.29, 1.82) is 0 Å². The minimum atomic E-state index is -3.84. The lowest BCUT2D eigenvalue weighted by Crippen LogP contribution is -2.44. The summed E-state index contributed by atoms with van der Waals surface area (Å²) in [6.45, 7) is 4.89. The first-order chi connectivity index (χ1) is 9.92. The molecule has 1 heterocycles. The predicted molar refractivity (Wildman–Crippen MR) is 81.5 cm³/mol. The normalized spacial score (nSPS) is 18.0. The minimum absolute atomic E-state index is 0.141. The highest BCUT2D eigenvalue weighted by molar-refractivity contribution is 7.89. The summed E-state index contributed by atoms with van der Waals surface area (Å²) in [6.07, 6.45) is 2.58. The SMILES string of the molecule is CCCN1CCC(NS(=O)(=O)c2ccc(Cl)cc2F)CC1. The van der Waals surface area contributed by atoms with Gasteiger partial charge in [0.15, 0.2) is 0 Å². The molecule has 0 unspecified atom stereocenters. The maximum Gasteiger partial charge on any atom is 0.243 e. The van der Waals surface area contributed by atoms with Gasteiger partial charge in [-0.05, 0) is 57.1 Å².